The van der Waals surface area contributed by atoms with Crippen LogP contribution in [0.4, 0.5) is 0 Å². The summed E-state index contributed by atoms with van der Waals surface area (Å²) in [6.45, 7) is 2.26. The van der Waals surface area contributed by atoms with Crippen LogP contribution < -0.4 is 0 Å². The highest BCUT2D eigenvalue weighted by atomic mass is 14.3. The van der Waals surface area contributed by atoms with E-state index in [1.54, 1.807) is 5.56 Å². The van der Waals surface area contributed by atoms with E-state index in [0.717, 1.165) is 18.3 Å². The second-order valence-corrected chi connectivity index (χ2v) is 7.06. The summed E-state index contributed by atoms with van der Waals surface area (Å²) < 4.78 is 0. The van der Waals surface area contributed by atoms with Gasteiger partial charge in [-0.3, -0.25) is 0 Å². The van der Waals surface area contributed by atoms with E-state index in [1.165, 1.54) is 63.0 Å². The number of benzene rings is 1. The van der Waals surface area contributed by atoms with Crippen LogP contribution in [-0.4, -0.2) is 0 Å². The third kappa shape index (κ3) is 6.36. The second-order valence-electron chi connectivity index (χ2n) is 7.06. The average Bonchev–Trinajstić information content (AvgIpc) is 2.64. The Balaban J connectivity index is 1.71. The smallest absolute Gasteiger partial charge is 0.0912 e. The summed E-state index contributed by atoms with van der Waals surface area (Å²) in [5.74, 6) is 1.66. The highest BCUT2D eigenvalue weighted by Gasteiger charge is 2.21. The van der Waals surface area contributed by atoms with Gasteiger partial charge < -0.3 is 0 Å². The molecule has 2 rings (SSSR count). The van der Waals surface area contributed by atoms with Gasteiger partial charge in [-0.25, -0.2) is 0 Å². The van der Waals surface area contributed by atoms with Crippen molar-refractivity contribution in [1.82, 2.24) is 0 Å². The molecule has 0 saturated heterocycles. The molecule has 0 spiro atoms. The van der Waals surface area contributed by atoms with Crippen molar-refractivity contribution in [3.05, 3.63) is 59.7 Å². The molecule has 0 aliphatic heterocycles. The number of allylic oxidation sites excluding steroid dienone is 4. The predicted molar refractivity (Wildman–Crippen MR) is 103 cm³/mol. The average molecular weight is 322 g/mol. The number of nitriles is 1. The molecule has 0 aromatic heterocycles. The molecule has 1 fully saturated rings. The van der Waals surface area contributed by atoms with Gasteiger partial charge in [0.05, 0.1) is 6.07 Å². The SMILES string of the molecule is CCCCc1ccc(C2CCC(CC/C=C/C=C/C#N)CC2)cc1. The van der Waals surface area contributed by atoms with Gasteiger partial charge >= 0.3 is 0 Å². The number of hydrogen-bond acceptors (Lipinski definition) is 1. The van der Waals surface area contributed by atoms with Crippen molar-refractivity contribution in [2.75, 3.05) is 0 Å². The zero-order chi connectivity index (χ0) is 17.0. The third-order valence-corrected chi connectivity index (χ3v) is 5.28. The Labute approximate surface area is 148 Å². The van der Waals surface area contributed by atoms with Crippen molar-refractivity contribution < 1.29 is 0 Å². The molecule has 1 aliphatic carbocycles. The first-order valence-electron chi connectivity index (χ1n) is 9.63. The molecular weight excluding hydrogens is 290 g/mol. The van der Waals surface area contributed by atoms with E-state index in [2.05, 4.69) is 37.3 Å². The van der Waals surface area contributed by atoms with Crippen LogP contribution in [0.1, 0.15) is 75.3 Å². The van der Waals surface area contributed by atoms with Crippen molar-refractivity contribution in [2.24, 2.45) is 5.92 Å². The Bertz CT molecular complexity index is 551. The van der Waals surface area contributed by atoms with Crippen LogP contribution in [-0.2, 0) is 6.42 Å². The van der Waals surface area contributed by atoms with Gasteiger partial charge in [0.1, 0.15) is 0 Å². The fourth-order valence-electron chi connectivity index (χ4n) is 3.73. The van der Waals surface area contributed by atoms with Crippen molar-refractivity contribution in [3.63, 3.8) is 0 Å². The molecular formula is C23H31N. The summed E-state index contributed by atoms with van der Waals surface area (Å²) in [5, 5.41) is 8.43. The molecule has 1 saturated carbocycles. The zero-order valence-corrected chi connectivity index (χ0v) is 15.1. The Morgan fingerprint density at radius 2 is 1.83 bits per heavy atom. The molecule has 1 nitrogen and oxygen atoms in total. The van der Waals surface area contributed by atoms with E-state index in [9.17, 15) is 0 Å². The van der Waals surface area contributed by atoms with Gasteiger partial charge in [0.2, 0.25) is 0 Å². The second kappa shape index (κ2) is 10.9. The maximum atomic E-state index is 8.43. The lowest BCUT2D eigenvalue weighted by Gasteiger charge is -2.28. The molecule has 0 heterocycles. The van der Waals surface area contributed by atoms with E-state index in [-0.39, 0.29) is 0 Å². The molecule has 1 heteroatoms. The largest absolute Gasteiger partial charge is 0.193 e. The maximum absolute atomic E-state index is 8.43. The van der Waals surface area contributed by atoms with Gasteiger partial charge in [-0.05, 0) is 74.3 Å². The fraction of sp³-hybridized carbons (Fsp3) is 0.522. The number of nitrogens with zero attached hydrogens (tertiary/aromatic N) is 1. The first-order chi connectivity index (χ1) is 11.8. The van der Waals surface area contributed by atoms with Crippen LogP contribution in [0.15, 0.2) is 48.6 Å². The van der Waals surface area contributed by atoms with Crippen molar-refractivity contribution in [3.8, 4) is 6.07 Å². The van der Waals surface area contributed by atoms with Crippen LogP contribution in [0.2, 0.25) is 0 Å². The molecule has 0 bridgehead atoms. The number of hydrogen-bond donors (Lipinski definition) is 0. The summed E-state index contributed by atoms with van der Waals surface area (Å²) >= 11 is 0. The summed E-state index contributed by atoms with van der Waals surface area (Å²) in [5.41, 5.74) is 3.04. The van der Waals surface area contributed by atoms with E-state index < -0.39 is 0 Å². The molecule has 0 unspecified atom stereocenters. The van der Waals surface area contributed by atoms with Gasteiger partial charge in [-0.15, -0.1) is 0 Å². The molecule has 0 N–H and O–H groups in total. The predicted octanol–water partition coefficient (Wildman–Crippen LogP) is 6.72. The lowest BCUT2D eigenvalue weighted by atomic mass is 9.77. The molecule has 0 atom stereocenters. The molecule has 1 aromatic rings. The van der Waals surface area contributed by atoms with Gasteiger partial charge in [0.15, 0.2) is 0 Å². The van der Waals surface area contributed by atoms with E-state index >= 15 is 0 Å². The first-order valence-corrected chi connectivity index (χ1v) is 9.63. The Morgan fingerprint density at radius 1 is 1.08 bits per heavy atom. The molecule has 24 heavy (non-hydrogen) atoms. The minimum atomic E-state index is 0.774. The first kappa shape index (κ1) is 18.5. The minimum Gasteiger partial charge on any atom is -0.193 e. The Kier molecular flexibility index (Phi) is 8.39. The Hall–Kier alpha value is -1.81. The summed E-state index contributed by atoms with van der Waals surface area (Å²) in [4.78, 5) is 0. The summed E-state index contributed by atoms with van der Waals surface area (Å²) in [6.07, 6.45) is 19.2. The van der Waals surface area contributed by atoms with E-state index in [4.69, 9.17) is 5.26 Å². The molecule has 128 valence electrons. The van der Waals surface area contributed by atoms with Gasteiger partial charge in [-0.2, -0.15) is 5.26 Å². The number of aryl methyl sites for hydroxylation is 1. The lowest BCUT2D eigenvalue weighted by molar-refractivity contribution is 0.312. The molecule has 1 aromatic carbocycles. The van der Waals surface area contributed by atoms with E-state index in [1.807, 2.05) is 18.2 Å². The topological polar surface area (TPSA) is 23.8 Å². The molecule has 0 radical (unpaired) electrons. The van der Waals surface area contributed by atoms with Gasteiger partial charge in [-0.1, -0.05) is 55.8 Å². The Morgan fingerprint density at radius 3 is 2.50 bits per heavy atom. The van der Waals surface area contributed by atoms with Crippen LogP contribution in [0.3, 0.4) is 0 Å². The van der Waals surface area contributed by atoms with Gasteiger partial charge in [0.25, 0.3) is 0 Å². The normalized spacial score (nSPS) is 21.3. The van der Waals surface area contributed by atoms with E-state index in [0.29, 0.717) is 0 Å². The van der Waals surface area contributed by atoms with Crippen LogP contribution in [0.5, 0.6) is 0 Å². The fourth-order valence-corrected chi connectivity index (χ4v) is 3.73. The summed E-state index contributed by atoms with van der Waals surface area (Å²) in [6, 6.07) is 11.4. The highest BCUT2D eigenvalue weighted by molar-refractivity contribution is 5.26. The maximum Gasteiger partial charge on any atom is 0.0912 e. The minimum absolute atomic E-state index is 0.774. The van der Waals surface area contributed by atoms with Crippen LogP contribution in [0, 0.1) is 17.2 Å². The van der Waals surface area contributed by atoms with Crippen molar-refractivity contribution in [1.29, 1.82) is 5.26 Å². The molecule has 0 amide bonds. The third-order valence-electron chi connectivity index (χ3n) is 5.28. The van der Waals surface area contributed by atoms with Crippen LogP contribution in [0.25, 0.3) is 0 Å². The monoisotopic (exact) mass is 321 g/mol. The summed E-state index contributed by atoms with van der Waals surface area (Å²) in [7, 11) is 0. The standard InChI is InChI=1S/C23H31N/c1-2-3-9-20-11-15-22(16-12-20)23-17-13-21(14-18-23)10-7-5-4-6-8-19-24/h4-6,8,11-12,15-16,21,23H,2-3,7,9-10,13-14,17-18H2,1H3/b5-4+,8-6+. The molecule has 1 aliphatic rings. The van der Waals surface area contributed by atoms with Gasteiger partial charge in [0, 0.05) is 6.08 Å². The van der Waals surface area contributed by atoms with Crippen molar-refractivity contribution in [2.45, 2.75) is 70.6 Å². The number of unbranched alkanes of at least 4 members (excludes halogenated alkanes) is 1. The zero-order valence-electron chi connectivity index (χ0n) is 15.1. The highest BCUT2D eigenvalue weighted by Crippen LogP contribution is 2.37. The van der Waals surface area contributed by atoms with Crippen LogP contribution >= 0.6 is 0 Å². The number of rotatable bonds is 8. The van der Waals surface area contributed by atoms with Crippen molar-refractivity contribution >= 4 is 0 Å². The lowest BCUT2D eigenvalue weighted by Crippen LogP contribution is -2.13. The quantitative estimate of drug-likeness (QED) is 0.385.